The van der Waals surface area contributed by atoms with Crippen LogP contribution < -0.4 is 0 Å². The third-order valence-corrected chi connectivity index (χ3v) is 5.70. The van der Waals surface area contributed by atoms with Crippen LogP contribution in [0.1, 0.15) is 17.4 Å². The summed E-state index contributed by atoms with van der Waals surface area (Å²) >= 11 is 14.7. The van der Waals surface area contributed by atoms with Crippen molar-refractivity contribution in [3.8, 4) is 10.4 Å². The summed E-state index contributed by atoms with van der Waals surface area (Å²) in [6.45, 7) is 2.00. The second-order valence-electron chi connectivity index (χ2n) is 4.42. The molecule has 0 aliphatic heterocycles. The molecule has 2 aromatic heterocycles. The lowest BCUT2D eigenvalue weighted by molar-refractivity contribution is 0.0515. The normalized spacial score (nSPS) is 10.8. The first kappa shape index (κ1) is 17.2. The number of nitrogens with one attached hydrogen (secondary N) is 1. The van der Waals surface area contributed by atoms with Crippen molar-refractivity contribution in [2.24, 2.45) is 0 Å². The van der Waals surface area contributed by atoms with Crippen molar-refractivity contribution in [2.45, 2.75) is 16.3 Å². The largest absolute Gasteiger partial charge is 0.461 e. The van der Waals surface area contributed by atoms with E-state index in [1.54, 1.807) is 25.3 Å². The van der Waals surface area contributed by atoms with Crippen molar-refractivity contribution in [1.82, 2.24) is 20.4 Å². The number of aromatic nitrogens is 4. The van der Waals surface area contributed by atoms with Gasteiger partial charge >= 0.3 is 5.97 Å². The predicted octanol–water partition coefficient (Wildman–Crippen LogP) is 4.56. The lowest BCUT2D eigenvalue weighted by Gasteiger charge is -1.99. The van der Waals surface area contributed by atoms with E-state index in [0.29, 0.717) is 15.1 Å². The van der Waals surface area contributed by atoms with E-state index >= 15 is 0 Å². The molecule has 0 spiro atoms. The summed E-state index contributed by atoms with van der Waals surface area (Å²) in [6.07, 6.45) is 1.73. The molecule has 0 amide bonds. The van der Waals surface area contributed by atoms with E-state index in [1.807, 2.05) is 6.07 Å². The first-order chi connectivity index (χ1) is 11.6. The highest BCUT2D eigenvalue weighted by atomic mass is 35.5. The van der Waals surface area contributed by atoms with Gasteiger partial charge in [-0.1, -0.05) is 29.3 Å². The van der Waals surface area contributed by atoms with Gasteiger partial charge in [0.2, 0.25) is 5.69 Å². The summed E-state index contributed by atoms with van der Waals surface area (Å²) in [4.78, 5) is 17.1. The number of aromatic amines is 1. The maximum Gasteiger partial charge on any atom is 0.361 e. The third-order valence-electron chi connectivity index (χ3n) is 2.86. The Bertz CT molecular complexity index is 881. The SMILES string of the molecule is CCOC(=O)c1n[nH]nc1Sc1ncc(-c2ccc(Cl)c(Cl)c2)s1. The lowest BCUT2D eigenvalue weighted by atomic mass is 10.2. The first-order valence-corrected chi connectivity index (χ1v) is 9.14. The van der Waals surface area contributed by atoms with E-state index in [4.69, 9.17) is 27.9 Å². The molecule has 0 fully saturated rings. The average molecular weight is 401 g/mol. The zero-order chi connectivity index (χ0) is 17.1. The Labute approximate surface area is 155 Å². The van der Waals surface area contributed by atoms with Crippen molar-refractivity contribution >= 4 is 52.3 Å². The molecule has 0 radical (unpaired) electrons. The van der Waals surface area contributed by atoms with Crippen LogP contribution in [0.15, 0.2) is 33.8 Å². The van der Waals surface area contributed by atoms with E-state index in [2.05, 4.69) is 20.4 Å². The van der Waals surface area contributed by atoms with Crippen molar-refractivity contribution in [3.63, 3.8) is 0 Å². The number of carbonyl (C=O) groups is 1. The summed E-state index contributed by atoms with van der Waals surface area (Å²) in [6, 6.07) is 5.39. The average Bonchev–Trinajstić information content (AvgIpc) is 3.20. The van der Waals surface area contributed by atoms with Gasteiger partial charge in [0.1, 0.15) is 0 Å². The predicted molar refractivity (Wildman–Crippen MR) is 94.0 cm³/mol. The summed E-state index contributed by atoms with van der Waals surface area (Å²) in [5.74, 6) is -0.519. The molecular formula is C14H10Cl2N4O2S2. The van der Waals surface area contributed by atoms with Crippen LogP contribution in [0.2, 0.25) is 10.0 Å². The van der Waals surface area contributed by atoms with Crippen LogP contribution in [0.25, 0.3) is 10.4 Å². The number of thiazole rings is 1. The van der Waals surface area contributed by atoms with Crippen molar-refractivity contribution in [3.05, 3.63) is 40.1 Å². The number of carbonyl (C=O) groups excluding carboxylic acids is 1. The number of H-pyrrole nitrogens is 1. The van der Waals surface area contributed by atoms with E-state index in [0.717, 1.165) is 14.8 Å². The van der Waals surface area contributed by atoms with Gasteiger partial charge < -0.3 is 4.74 Å². The summed E-state index contributed by atoms with van der Waals surface area (Å²) < 4.78 is 5.66. The molecule has 2 heterocycles. The number of halogens is 2. The lowest BCUT2D eigenvalue weighted by Crippen LogP contribution is -2.06. The number of benzene rings is 1. The Morgan fingerprint density at radius 2 is 2.17 bits per heavy atom. The topological polar surface area (TPSA) is 80.8 Å². The van der Waals surface area contributed by atoms with Crippen molar-refractivity contribution in [2.75, 3.05) is 6.61 Å². The highest BCUT2D eigenvalue weighted by Gasteiger charge is 2.20. The number of hydrogen-bond donors (Lipinski definition) is 1. The monoisotopic (exact) mass is 400 g/mol. The Morgan fingerprint density at radius 1 is 1.33 bits per heavy atom. The smallest absolute Gasteiger partial charge is 0.361 e. The van der Waals surface area contributed by atoms with Crippen LogP contribution in [0, 0.1) is 0 Å². The second-order valence-corrected chi connectivity index (χ2v) is 7.50. The highest BCUT2D eigenvalue weighted by molar-refractivity contribution is 8.01. The van der Waals surface area contributed by atoms with E-state index in [9.17, 15) is 4.79 Å². The number of esters is 1. The Hall–Kier alpha value is -1.61. The Balaban J connectivity index is 1.81. The quantitative estimate of drug-likeness (QED) is 0.631. The number of rotatable bonds is 5. The van der Waals surface area contributed by atoms with Gasteiger partial charge in [0, 0.05) is 6.20 Å². The zero-order valence-electron chi connectivity index (χ0n) is 12.2. The molecule has 3 rings (SSSR count). The molecule has 10 heteroatoms. The fourth-order valence-corrected chi connectivity index (χ4v) is 3.99. The molecule has 0 unspecified atom stereocenters. The molecule has 0 saturated carbocycles. The van der Waals surface area contributed by atoms with Gasteiger partial charge in [-0.25, -0.2) is 9.78 Å². The van der Waals surface area contributed by atoms with E-state index in [-0.39, 0.29) is 12.3 Å². The molecule has 3 aromatic rings. The summed E-state index contributed by atoms with van der Waals surface area (Å²) in [7, 11) is 0. The number of nitrogens with zero attached hydrogens (tertiary/aromatic N) is 3. The molecule has 0 aliphatic carbocycles. The van der Waals surface area contributed by atoms with Gasteiger partial charge in [-0.2, -0.15) is 5.21 Å². The van der Waals surface area contributed by atoms with Crippen LogP contribution in [0.3, 0.4) is 0 Å². The Kier molecular flexibility index (Phi) is 5.40. The molecule has 0 aliphatic rings. The fourth-order valence-electron chi connectivity index (χ4n) is 1.80. The van der Waals surface area contributed by atoms with Crippen molar-refractivity contribution in [1.29, 1.82) is 0 Å². The molecule has 24 heavy (non-hydrogen) atoms. The fraction of sp³-hybridized carbons (Fsp3) is 0.143. The zero-order valence-corrected chi connectivity index (χ0v) is 15.4. The van der Waals surface area contributed by atoms with Gasteiger partial charge in [0.05, 0.1) is 21.5 Å². The van der Waals surface area contributed by atoms with Crippen LogP contribution in [0.5, 0.6) is 0 Å². The van der Waals surface area contributed by atoms with Crippen LogP contribution >= 0.6 is 46.3 Å². The van der Waals surface area contributed by atoms with Crippen LogP contribution in [0.4, 0.5) is 0 Å². The van der Waals surface area contributed by atoms with Crippen molar-refractivity contribution < 1.29 is 9.53 Å². The van der Waals surface area contributed by atoms with E-state index < -0.39 is 5.97 Å². The van der Waals surface area contributed by atoms with Gasteiger partial charge in [0.25, 0.3) is 0 Å². The molecule has 0 atom stereocenters. The number of hydrogen-bond acceptors (Lipinski definition) is 7. The molecule has 1 N–H and O–H groups in total. The molecule has 6 nitrogen and oxygen atoms in total. The maximum absolute atomic E-state index is 11.8. The minimum Gasteiger partial charge on any atom is -0.461 e. The summed E-state index contributed by atoms with van der Waals surface area (Å²) in [5.41, 5.74) is 1.06. The molecule has 1 aromatic carbocycles. The minimum absolute atomic E-state index is 0.146. The maximum atomic E-state index is 11.8. The van der Waals surface area contributed by atoms with Crippen LogP contribution in [-0.2, 0) is 4.74 Å². The highest BCUT2D eigenvalue weighted by Crippen LogP contribution is 2.37. The second kappa shape index (κ2) is 7.52. The van der Waals surface area contributed by atoms with Crippen LogP contribution in [-0.4, -0.2) is 33.0 Å². The first-order valence-electron chi connectivity index (χ1n) is 6.75. The minimum atomic E-state index is -0.519. The molecule has 124 valence electrons. The standard InChI is InChI=1S/C14H10Cl2N4O2S2/c1-2-22-13(21)11-12(19-20-18-11)24-14-17-6-10(23-14)7-3-4-8(15)9(16)5-7/h3-6H,2H2,1H3,(H,18,19,20). The van der Waals surface area contributed by atoms with Gasteiger partial charge in [0.15, 0.2) is 9.37 Å². The number of ether oxygens (including phenoxy) is 1. The third kappa shape index (κ3) is 3.72. The molecule has 0 saturated heterocycles. The summed E-state index contributed by atoms with van der Waals surface area (Å²) in [5, 5.41) is 11.6. The van der Waals surface area contributed by atoms with Gasteiger partial charge in [-0.15, -0.1) is 21.5 Å². The molecular weight excluding hydrogens is 391 g/mol. The van der Waals surface area contributed by atoms with E-state index in [1.165, 1.54) is 23.1 Å². The Morgan fingerprint density at radius 3 is 2.92 bits per heavy atom. The molecule has 0 bridgehead atoms. The van der Waals surface area contributed by atoms with Gasteiger partial charge in [-0.3, -0.25) is 0 Å². The van der Waals surface area contributed by atoms with Gasteiger partial charge in [-0.05, 0) is 36.4 Å².